The van der Waals surface area contributed by atoms with Crippen molar-refractivity contribution in [2.75, 3.05) is 6.54 Å². The molecular formula is C17H26N4. The highest BCUT2D eigenvalue weighted by Gasteiger charge is 2.16. The van der Waals surface area contributed by atoms with Gasteiger partial charge >= 0.3 is 0 Å². The molecule has 0 aliphatic heterocycles. The van der Waals surface area contributed by atoms with Crippen LogP contribution in [0.25, 0.3) is 0 Å². The van der Waals surface area contributed by atoms with Crippen LogP contribution in [0.2, 0.25) is 0 Å². The summed E-state index contributed by atoms with van der Waals surface area (Å²) in [5, 5.41) is 3.63. The van der Waals surface area contributed by atoms with Crippen molar-refractivity contribution in [2.45, 2.75) is 52.1 Å². The minimum absolute atomic E-state index is 0.300. The molecule has 2 heterocycles. The Labute approximate surface area is 127 Å². The Morgan fingerprint density at radius 2 is 2.05 bits per heavy atom. The summed E-state index contributed by atoms with van der Waals surface area (Å²) in [6.45, 7) is 6.45. The van der Waals surface area contributed by atoms with Crippen molar-refractivity contribution in [3.63, 3.8) is 0 Å². The predicted octanol–water partition coefficient (Wildman–Crippen LogP) is 3.36. The van der Waals surface area contributed by atoms with Gasteiger partial charge in [0.1, 0.15) is 5.82 Å². The SMILES string of the molecule is CCCNC(CCc1ccccn1)c1nccn1CCC. The number of nitrogens with one attached hydrogen (secondary N) is 1. The summed E-state index contributed by atoms with van der Waals surface area (Å²) >= 11 is 0. The standard InChI is InChI=1S/C17H26N4/c1-3-10-19-16(9-8-15-7-5-6-11-18-15)17-20-12-14-21(17)13-4-2/h5-7,11-12,14,16,19H,3-4,8-10,13H2,1-2H3. The molecule has 0 fully saturated rings. The summed E-state index contributed by atoms with van der Waals surface area (Å²) in [5.74, 6) is 1.15. The third-order valence-electron chi connectivity index (χ3n) is 3.58. The maximum Gasteiger partial charge on any atom is 0.125 e. The van der Waals surface area contributed by atoms with Crippen LogP contribution in [0.1, 0.15) is 50.7 Å². The monoisotopic (exact) mass is 286 g/mol. The smallest absolute Gasteiger partial charge is 0.125 e. The summed E-state index contributed by atoms with van der Waals surface area (Å²) in [6.07, 6.45) is 10.1. The van der Waals surface area contributed by atoms with E-state index in [1.165, 1.54) is 0 Å². The van der Waals surface area contributed by atoms with Crippen molar-refractivity contribution >= 4 is 0 Å². The summed E-state index contributed by atoms with van der Waals surface area (Å²) in [7, 11) is 0. The van der Waals surface area contributed by atoms with Gasteiger partial charge in [-0.1, -0.05) is 19.9 Å². The maximum atomic E-state index is 4.58. The molecule has 0 aliphatic rings. The molecular weight excluding hydrogens is 260 g/mol. The van der Waals surface area contributed by atoms with Gasteiger partial charge in [0.2, 0.25) is 0 Å². The molecule has 0 spiro atoms. The van der Waals surface area contributed by atoms with Crippen LogP contribution in [0.4, 0.5) is 0 Å². The molecule has 0 aromatic carbocycles. The first kappa shape index (κ1) is 15.7. The van der Waals surface area contributed by atoms with Crippen LogP contribution in [-0.2, 0) is 13.0 Å². The number of hydrogen-bond acceptors (Lipinski definition) is 3. The van der Waals surface area contributed by atoms with Crippen LogP contribution < -0.4 is 5.32 Å². The number of aryl methyl sites for hydroxylation is 2. The lowest BCUT2D eigenvalue weighted by atomic mass is 10.1. The average Bonchev–Trinajstić information content (AvgIpc) is 2.97. The van der Waals surface area contributed by atoms with Gasteiger partial charge in [0, 0.05) is 30.8 Å². The van der Waals surface area contributed by atoms with Crippen LogP contribution in [0.15, 0.2) is 36.8 Å². The van der Waals surface area contributed by atoms with Crippen molar-refractivity contribution in [2.24, 2.45) is 0 Å². The molecule has 0 saturated carbocycles. The first-order chi connectivity index (χ1) is 10.3. The topological polar surface area (TPSA) is 42.7 Å². The second kappa shape index (κ2) is 8.57. The van der Waals surface area contributed by atoms with E-state index >= 15 is 0 Å². The zero-order valence-electron chi connectivity index (χ0n) is 13.1. The highest BCUT2D eigenvalue weighted by molar-refractivity contribution is 5.06. The van der Waals surface area contributed by atoms with E-state index in [1.54, 1.807) is 0 Å². The van der Waals surface area contributed by atoms with Gasteiger partial charge in [-0.25, -0.2) is 4.98 Å². The summed E-state index contributed by atoms with van der Waals surface area (Å²) < 4.78 is 2.27. The molecule has 21 heavy (non-hydrogen) atoms. The van der Waals surface area contributed by atoms with E-state index in [4.69, 9.17) is 0 Å². The van der Waals surface area contributed by atoms with Crippen molar-refractivity contribution < 1.29 is 0 Å². The molecule has 2 aromatic heterocycles. The summed E-state index contributed by atoms with van der Waals surface area (Å²) in [5.41, 5.74) is 1.15. The first-order valence-electron chi connectivity index (χ1n) is 7.99. The lowest BCUT2D eigenvalue weighted by Gasteiger charge is -2.19. The highest BCUT2D eigenvalue weighted by atomic mass is 15.1. The number of pyridine rings is 1. The van der Waals surface area contributed by atoms with Crippen molar-refractivity contribution in [3.05, 3.63) is 48.3 Å². The molecule has 2 rings (SSSR count). The van der Waals surface area contributed by atoms with E-state index < -0.39 is 0 Å². The van der Waals surface area contributed by atoms with Gasteiger partial charge in [-0.3, -0.25) is 4.98 Å². The largest absolute Gasteiger partial charge is 0.334 e. The Balaban J connectivity index is 2.04. The number of aromatic nitrogens is 3. The summed E-state index contributed by atoms with van der Waals surface area (Å²) in [4.78, 5) is 9.00. The fraction of sp³-hybridized carbons (Fsp3) is 0.529. The van der Waals surface area contributed by atoms with E-state index in [0.717, 1.165) is 50.3 Å². The van der Waals surface area contributed by atoms with Crippen molar-refractivity contribution in [3.8, 4) is 0 Å². The molecule has 1 unspecified atom stereocenters. The zero-order valence-corrected chi connectivity index (χ0v) is 13.1. The lowest BCUT2D eigenvalue weighted by Crippen LogP contribution is -2.26. The third kappa shape index (κ3) is 4.67. The molecule has 0 bridgehead atoms. The second-order valence-corrected chi connectivity index (χ2v) is 5.35. The fourth-order valence-electron chi connectivity index (χ4n) is 2.54. The molecule has 0 amide bonds. The van der Waals surface area contributed by atoms with Crippen LogP contribution in [0.5, 0.6) is 0 Å². The molecule has 114 valence electrons. The number of nitrogens with zero attached hydrogens (tertiary/aromatic N) is 3. The van der Waals surface area contributed by atoms with Crippen molar-refractivity contribution in [1.82, 2.24) is 19.9 Å². The molecule has 0 saturated heterocycles. The Bertz CT molecular complexity index is 507. The van der Waals surface area contributed by atoms with Crippen LogP contribution >= 0.6 is 0 Å². The van der Waals surface area contributed by atoms with Crippen LogP contribution in [0.3, 0.4) is 0 Å². The van der Waals surface area contributed by atoms with Gasteiger partial charge in [0.15, 0.2) is 0 Å². The fourth-order valence-corrected chi connectivity index (χ4v) is 2.54. The molecule has 0 aliphatic carbocycles. The average molecular weight is 286 g/mol. The Hall–Kier alpha value is -1.68. The molecule has 1 atom stereocenters. The Morgan fingerprint density at radius 1 is 1.14 bits per heavy atom. The minimum Gasteiger partial charge on any atom is -0.334 e. The molecule has 4 nitrogen and oxygen atoms in total. The third-order valence-corrected chi connectivity index (χ3v) is 3.58. The molecule has 2 aromatic rings. The molecule has 0 radical (unpaired) electrons. The minimum atomic E-state index is 0.300. The first-order valence-corrected chi connectivity index (χ1v) is 7.99. The number of rotatable bonds is 9. The Kier molecular flexibility index (Phi) is 6.41. The van der Waals surface area contributed by atoms with Gasteiger partial charge in [-0.2, -0.15) is 0 Å². The summed E-state index contributed by atoms with van der Waals surface area (Å²) in [6, 6.07) is 6.41. The van der Waals surface area contributed by atoms with Gasteiger partial charge < -0.3 is 9.88 Å². The van der Waals surface area contributed by atoms with Gasteiger partial charge in [-0.15, -0.1) is 0 Å². The van der Waals surface area contributed by atoms with E-state index in [2.05, 4.69) is 52.0 Å². The molecule has 4 heteroatoms. The molecule has 1 N–H and O–H groups in total. The van der Waals surface area contributed by atoms with E-state index in [0.29, 0.717) is 6.04 Å². The van der Waals surface area contributed by atoms with Crippen LogP contribution in [0, 0.1) is 0 Å². The number of hydrogen-bond donors (Lipinski definition) is 1. The van der Waals surface area contributed by atoms with Gasteiger partial charge in [0.05, 0.1) is 6.04 Å². The zero-order chi connectivity index (χ0) is 14.9. The predicted molar refractivity (Wildman–Crippen MR) is 86.1 cm³/mol. The van der Waals surface area contributed by atoms with Gasteiger partial charge in [0.25, 0.3) is 0 Å². The Morgan fingerprint density at radius 3 is 2.76 bits per heavy atom. The number of imidazole rings is 1. The van der Waals surface area contributed by atoms with Crippen molar-refractivity contribution in [1.29, 1.82) is 0 Å². The normalized spacial score (nSPS) is 12.5. The van der Waals surface area contributed by atoms with E-state index in [-0.39, 0.29) is 0 Å². The highest BCUT2D eigenvalue weighted by Crippen LogP contribution is 2.18. The van der Waals surface area contributed by atoms with Crippen LogP contribution in [-0.4, -0.2) is 21.1 Å². The second-order valence-electron chi connectivity index (χ2n) is 5.35. The van der Waals surface area contributed by atoms with E-state index in [1.807, 2.05) is 18.5 Å². The maximum absolute atomic E-state index is 4.58. The lowest BCUT2D eigenvalue weighted by molar-refractivity contribution is 0.451. The van der Waals surface area contributed by atoms with Gasteiger partial charge in [-0.05, 0) is 44.4 Å². The quantitative estimate of drug-likeness (QED) is 0.768. The van der Waals surface area contributed by atoms with E-state index in [9.17, 15) is 0 Å².